The maximum atomic E-state index is 12.7. The van der Waals surface area contributed by atoms with E-state index in [9.17, 15) is 4.79 Å². The molecule has 1 aliphatic heterocycles. The molecule has 3 rings (SSSR count). The highest BCUT2D eigenvalue weighted by Crippen LogP contribution is 2.28. The smallest absolute Gasteiger partial charge is 0.226 e. The van der Waals surface area contributed by atoms with Crippen molar-refractivity contribution in [2.24, 2.45) is 5.92 Å². The predicted molar refractivity (Wildman–Crippen MR) is 80.7 cm³/mol. The van der Waals surface area contributed by atoms with Gasteiger partial charge in [-0.05, 0) is 37.1 Å². The van der Waals surface area contributed by atoms with Crippen molar-refractivity contribution in [2.75, 3.05) is 13.2 Å². The van der Waals surface area contributed by atoms with Crippen LogP contribution in [0.4, 0.5) is 0 Å². The van der Waals surface area contributed by atoms with Crippen molar-refractivity contribution in [3.05, 3.63) is 22.4 Å². The molecule has 0 spiro atoms. The van der Waals surface area contributed by atoms with Gasteiger partial charge in [0, 0.05) is 23.9 Å². The van der Waals surface area contributed by atoms with Gasteiger partial charge in [0.25, 0.3) is 0 Å². The molecule has 2 heterocycles. The highest BCUT2D eigenvalue weighted by molar-refractivity contribution is 7.09. The van der Waals surface area contributed by atoms with Gasteiger partial charge < -0.3 is 9.64 Å². The molecule has 0 N–H and O–H groups in total. The van der Waals surface area contributed by atoms with Crippen LogP contribution < -0.4 is 0 Å². The van der Waals surface area contributed by atoms with Crippen LogP contribution in [-0.4, -0.2) is 30.1 Å². The van der Waals surface area contributed by atoms with Crippen molar-refractivity contribution in [2.45, 2.75) is 51.2 Å². The molecule has 2 aliphatic rings. The minimum Gasteiger partial charge on any atom is -0.376 e. The number of thiophene rings is 1. The first kappa shape index (κ1) is 14.1. The second-order valence-corrected chi connectivity index (χ2v) is 6.95. The van der Waals surface area contributed by atoms with Gasteiger partial charge in [-0.3, -0.25) is 4.79 Å². The number of carbonyl (C=O) groups is 1. The Bertz CT molecular complexity index is 420. The molecule has 0 bridgehead atoms. The lowest BCUT2D eigenvalue weighted by Crippen LogP contribution is -2.39. The maximum Gasteiger partial charge on any atom is 0.226 e. The Morgan fingerprint density at radius 2 is 2.15 bits per heavy atom. The fraction of sp³-hybridized carbons (Fsp3) is 0.688. The third-order valence-electron chi connectivity index (χ3n) is 4.39. The van der Waals surface area contributed by atoms with Crippen LogP contribution in [0.2, 0.25) is 0 Å². The van der Waals surface area contributed by atoms with E-state index in [0.717, 1.165) is 45.4 Å². The van der Waals surface area contributed by atoms with E-state index in [4.69, 9.17) is 4.74 Å². The number of rotatable bonds is 5. The molecule has 3 nitrogen and oxygen atoms in total. The lowest BCUT2D eigenvalue weighted by atomic mass is 10.1. The van der Waals surface area contributed by atoms with Crippen LogP contribution in [0.25, 0.3) is 0 Å². The molecule has 1 amide bonds. The summed E-state index contributed by atoms with van der Waals surface area (Å²) < 4.78 is 5.72. The fourth-order valence-electron chi connectivity index (χ4n) is 3.29. The third kappa shape index (κ3) is 3.41. The van der Waals surface area contributed by atoms with Crippen molar-refractivity contribution in [3.8, 4) is 0 Å². The topological polar surface area (TPSA) is 29.5 Å². The summed E-state index contributed by atoms with van der Waals surface area (Å²) in [6.45, 7) is 2.38. The van der Waals surface area contributed by atoms with Crippen LogP contribution in [0, 0.1) is 5.92 Å². The molecule has 20 heavy (non-hydrogen) atoms. The summed E-state index contributed by atoms with van der Waals surface area (Å²) in [5, 5.41) is 2.08. The molecule has 110 valence electrons. The predicted octanol–water partition coefficient (Wildman–Crippen LogP) is 3.45. The van der Waals surface area contributed by atoms with Gasteiger partial charge in [-0.1, -0.05) is 18.9 Å². The largest absolute Gasteiger partial charge is 0.376 e. The van der Waals surface area contributed by atoms with E-state index in [2.05, 4.69) is 22.4 Å². The second kappa shape index (κ2) is 6.72. The van der Waals surface area contributed by atoms with Crippen LogP contribution in [-0.2, 0) is 16.1 Å². The van der Waals surface area contributed by atoms with Gasteiger partial charge in [-0.15, -0.1) is 11.3 Å². The summed E-state index contributed by atoms with van der Waals surface area (Å²) in [4.78, 5) is 16.1. The molecule has 0 aromatic carbocycles. The van der Waals surface area contributed by atoms with Gasteiger partial charge in [-0.2, -0.15) is 0 Å². The van der Waals surface area contributed by atoms with Gasteiger partial charge in [0.15, 0.2) is 0 Å². The Morgan fingerprint density at radius 3 is 2.80 bits per heavy atom. The van der Waals surface area contributed by atoms with Gasteiger partial charge in [0.1, 0.15) is 0 Å². The average molecular weight is 293 g/mol. The molecule has 1 aromatic heterocycles. The highest BCUT2D eigenvalue weighted by Gasteiger charge is 2.29. The van der Waals surface area contributed by atoms with Crippen molar-refractivity contribution < 1.29 is 9.53 Å². The van der Waals surface area contributed by atoms with Crippen LogP contribution in [0.5, 0.6) is 0 Å². The maximum absolute atomic E-state index is 12.7. The lowest BCUT2D eigenvalue weighted by Gasteiger charge is -2.27. The Kier molecular flexibility index (Phi) is 4.73. The van der Waals surface area contributed by atoms with Crippen molar-refractivity contribution in [3.63, 3.8) is 0 Å². The molecule has 1 aromatic rings. The average Bonchev–Trinajstić information content (AvgIpc) is 3.20. The fourth-order valence-corrected chi connectivity index (χ4v) is 4.01. The summed E-state index contributed by atoms with van der Waals surface area (Å²) >= 11 is 1.73. The molecule has 0 unspecified atom stereocenters. The number of carbonyl (C=O) groups excluding carboxylic acids is 1. The zero-order valence-electron chi connectivity index (χ0n) is 11.9. The van der Waals surface area contributed by atoms with E-state index in [-0.39, 0.29) is 12.0 Å². The number of hydrogen-bond donors (Lipinski definition) is 0. The van der Waals surface area contributed by atoms with E-state index in [1.807, 2.05) is 0 Å². The summed E-state index contributed by atoms with van der Waals surface area (Å²) in [6, 6.07) is 4.18. The molecule has 1 saturated heterocycles. The second-order valence-electron chi connectivity index (χ2n) is 5.91. The molecule has 1 aliphatic carbocycles. The minimum absolute atomic E-state index is 0.250. The highest BCUT2D eigenvalue weighted by atomic mass is 32.1. The number of amides is 1. The first-order valence-corrected chi connectivity index (χ1v) is 8.63. The molecule has 4 heteroatoms. The van der Waals surface area contributed by atoms with E-state index < -0.39 is 0 Å². The normalized spacial score (nSPS) is 23.3. The van der Waals surface area contributed by atoms with Crippen molar-refractivity contribution in [1.82, 2.24) is 4.90 Å². The van der Waals surface area contributed by atoms with Crippen LogP contribution >= 0.6 is 11.3 Å². The SMILES string of the molecule is O=C(C1CCCC1)N(Cc1cccs1)C[C@@H]1CCCO1. The zero-order valence-corrected chi connectivity index (χ0v) is 12.7. The number of ether oxygens (including phenoxy) is 1. The number of nitrogens with zero attached hydrogens (tertiary/aromatic N) is 1. The number of hydrogen-bond acceptors (Lipinski definition) is 3. The summed E-state index contributed by atoms with van der Waals surface area (Å²) in [7, 11) is 0. The third-order valence-corrected chi connectivity index (χ3v) is 5.25. The summed E-state index contributed by atoms with van der Waals surface area (Å²) in [6.07, 6.45) is 7.05. The minimum atomic E-state index is 0.250. The van der Waals surface area contributed by atoms with Crippen molar-refractivity contribution >= 4 is 17.2 Å². The van der Waals surface area contributed by atoms with E-state index in [1.165, 1.54) is 17.7 Å². The standard InChI is InChI=1S/C16H23NO2S/c18-16(13-5-1-2-6-13)17(11-14-7-3-9-19-14)12-15-8-4-10-20-15/h4,8,10,13-14H,1-3,5-7,9,11-12H2/t14-/m0/s1. The summed E-state index contributed by atoms with van der Waals surface area (Å²) in [5.41, 5.74) is 0. The molecule has 2 fully saturated rings. The zero-order chi connectivity index (χ0) is 13.8. The van der Waals surface area contributed by atoms with Gasteiger partial charge in [0.2, 0.25) is 5.91 Å². The molecular weight excluding hydrogens is 270 g/mol. The van der Waals surface area contributed by atoms with Crippen molar-refractivity contribution in [1.29, 1.82) is 0 Å². The Balaban J connectivity index is 1.66. The molecular formula is C16H23NO2S. The quantitative estimate of drug-likeness (QED) is 0.832. The van der Waals surface area contributed by atoms with Crippen LogP contribution in [0.3, 0.4) is 0 Å². The van der Waals surface area contributed by atoms with Crippen LogP contribution in [0.15, 0.2) is 17.5 Å². The van der Waals surface area contributed by atoms with E-state index in [1.54, 1.807) is 11.3 Å². The Hall–Kier alpha value is -0.870. The lowest BCUT2D eigenvalue weighted by molar-refractivity contribution is -0.137. The Labute approximate surface area is 124 Å². The first-order valence-electron chi connectivity index (χ1n) is 7.75. The molecule has 1 atom stereocenters. The Morgan fingerprint density at radius 1 is 1.30 bits per heavy atom. The van der Waals surface area contributed by atoms with Gasteiger partial charge in [0.05, 0.1) is 12.6 Å². The van der Waals surface area contributed by atoms with E-state index in [0.29, 0.717) is 5.91 Å². The molecule has 1 saturated carbocycles. The van der Waals surface area contributed by atoms with E-state index >= 15 is 0 Å². The van der Waals surface area contributed by atoms with Gasteiger partial charge in [-0.25, -0.2) is 0 Å². The van der Waals surface area contributed by atoms with Crippen LogP contribution in [0.1, 0.15) is 43.4 Å². The molecule has 0 radical (unpaired) electrons. The van der Waals surface area contributed by atoms with Gasteiger partial charge >= 0.3 is 0 Å². The summed E-state index contributed by atoms with van der Waals surface area (Å²) in [5.74, 6) is 0.614. The first-order chi connectivity index (χ1) is 9.83. The monoisotopic (exact) mass is 293 g/mol.